The van der Waals surface area contributed by atoms with Gasteiger partial charge in [0.1, 0.15) is 0 Å². The van der Waals surface area contributed by atoms with Crippen molar-refractivity contribution in [3.63, 3.8) is 0 Å². The molecule has 0 saturated carbocycles. The Morgan fingerprint density at radius 1 is 1.16 bits per heavy atom. The fourth-order valence-electron chi connectivity index (χ4n) is 2.03. The first-order valence-electron chi connectivity index (χ1n) is 7.36. The Hall–Kier alpha value is -1.30. The molecule has 1 unspecified atom stereocenters. The van der Waals surface area contributed by atoms with Crippen molar-refractivity contribution in [3.8, 4) is 0 Å². The van der Waals surface area contributed by atoms with E-state index >= 15 is 0 Å². The first-order valence-corrected chi connectivity index (χ1v) is 7.36. The van der Waals surface area contributed by atoms with E-state index in [4.69, 9.17) is 0 Å². The van der Waals surface area contributed by atoms with E-state index in [2.05, 4.69) is 63.8 Å². The molecule has 106 valence electrons. The van der Waals surface area contributed by atoms with E-state index in [9.17, 15) is 0 Å². The molecule has 0 fully saturated rings. The van der Waals surface area contributed by atoms with E-state index in [1.165, 1.54) is 36.8 Å². The summed E-state index contributed by atoms with van der Waals surface area (Å²) >= 11 is 0. The van der Waals surface area contributed by atoms with Gasteiger partial charge in [-0.15, -0.1) is 0 Å². The summed E-state index contributed by atoms with van der Waals surface area (Å²) in [5, 5.41) is 0. The monoisotopic (exact) mass is 258 g/mol. The van der Waals surface area contributed by atoms with E-state index in [1.54, 1.807) is 0 Å². The molecule has 0 aliphatic carbocycles. The molecule has 1 atom stereocenters. The Morgan fingerprint density at radius 3 is 2.53 bits per heavy atom. The molecule has 0 heterocycles. The van der Waals surface area contributed by atoms with E-state index in [0.717, 1.165) is 0 Å². The van der Waals surface area contributed by atoms with Gasteiger partial charge in [0.25, 0.3) is 0 Å². The van der Waals surface area contributed by atoms with Crippen LogP contribution in [0.2, 0.25) is 0 Å². The van der Waals surface area contributed by atoms with Crippen molar-refractivity contribution in [1.82, 2.24) is 0 Å². The molecule has 0 N–H and O–H groups in total. The minimum absolute atomic E-state index is 0.683. The lowest BCUT2D eigenvalue weighted by Crippen LogP contribution is -1.90. The summed E-state index contributed by atoms with van der Waals surface area (Å²) in [5.41, 5.74) is 2.75. The maximum absolute atomic E-state index is 3.72. The minimum atomic E-state index is 0.683. The molecule has 0 aliphatic heterocycles. The summed E-state index contributed by atoms with van der Waals surface area (Å²) in [4.78, 5) is 0. The molecule has 0 aromatic carbocycles. The van der Waals surface area contributed by atoms with Crippen molar-refractivity contribution >= 4 is 0 Å². The fraction of sp³-hybridized carbons (Fsp3) is 0.474. The van der Waals surface area contributed by atoms with Gasteiger partial charge in [0.05, 0.1) is 0 Å². The smallest absolute Gasteiger partial charge is 0.0259 e. The summed E-state index contributed by atoms with van der Waals surface area (Å²) in [6.07, 6.45) is 19.8. The van der Waals surface area contributed by atoms with Gasteiger partial charge >= 0.3 is 0 Å². The fourth-order valence-corrected chi connectivity index (χ4v) is 2.03. The van der Waals surface area contributed by atoms with Gasteiger partial charge < -0.3 is 0 Å². The molecule has 0 saturated heterocycles. The van der Waals surface area contributed by atoms with E-state index < -0.39 is 0 Å². The van der Waals surface area contributed by atoms with Crippen LogP contribution in [0.1, 0.15) is 53.4 Å². The Kier molecular flexibility index (Phi) is 11.0. The van der Waals surface area contributed by atoms with E-state index in [0.29, 0.717) is 5.92 Å². The maximum Gasteiger partial charge on any atom is -0.0259 e. The number of rotatable bonds is 9. The molecule has 0 nitrogen and oxygen atoms in total. The molecular formula is C19H30. The van der Waals surface area contributed by atoms with Gasteiger partial charge in [-0.3, -0.25) is 0 Å². The molecular weight excluding hydrogens is 228 g/mol. The van der Waals surface area contributed by atoms with Crippen LogP contribution in [0.25, 0.3) is 0 Å². The molecule has 0 bridgehead atoms. The predicted octanol–water partition coefficient (Wildman–Crippen LogP) is 6.39. The summed E-state index contributed by atoms with van der Waals surface area (Å²) in [6.45, 7) is 12.4. The normalized spacial score (nSPS) is 15.4. The second kappa shape index (κ2) is 11.8. The number of unbranched alkanes of at least 4 members (excludes halogenated alkanes) is 1. The average Bonchev–Trinajstić information content (AvgIpc) is 2.35. The maximum atomic E-state index is 3.72. The molecule has 0 amide bonds. The standard InChI is InChI=1S/C19H30/c1-6-8-9-13-17(3)14-10-11-15-19(5)16-18(4)12-7-2/h6-9,12-13,16-17H,2,10-11,14-15H2,1,3-5H3. The van der Waals surface area contributed by atoms with E-state index in [-0.39, 0.29) is 0 Å². The van der Waals surface area contributed by atoms with E-state index in [1.807, 2.05) is 13.0 Å². The molecule has 19 heavy (non-hydrogen) atoms. The van der Waals surface area contributed by atoms with Crippen molar-refractivity contribution in [2.45, 2.75) is 53.4 Å². The zero-order chi connectivity index (χ0) is 14.5. The third-order valence-electron chi connectivity index (χ3n) is 3.08. The van der Waals surface area contributed by atoms with Gasteiger partial charge in [0.2, 0.25) is 0 Å². The van der Waals surface area contributed by atoms with Crippen LogP contribution in [0.4, 0.5) is 0 Å². The van der Waals surface area contributed by atoms with Gasteiger partial charge in [-0.1, -0.05) is 73.6 Å². The Morgan fingerprint density at radius 2 is 1.89 bits per heavy atom. The lowest BCUT2D eigenvalue weighted by Gasteiger charge is -2.06. The Bertz CT molecular complexity index is 350. The first-order chi connectivity index (χ1) is 9.10. The number of allylic oxidation sites excluding steroid dienone is 9. The lowest BCUT2D eigenvalue weighted by molar-refractivity contribution is 0.580. The van der Waals surface area contributed by atoms with Crippen LogP contribution in [0.5, 0.6) is 0 Å². The quantitative estimate of drug-likeness (QED) is 0.332. The highest BCUT2D eigenvalue weighted by Gasteiger charge is 1.97. The number of hydrogen-bond donors (Lipinski definition) is 0. The van der Waals surface area contributed by atoms with Gasteiger partial charge in [0.15, 0.2) is 0 Å². The van der Waals surface area contributed by atoms with Gasteiger partial charge in [-0.25, -0.2) is 0 Å². The highest BCUT2D eigenvalue weighted by atomic mass is 14.0. The largest absolute Gasteiger partial charge is 0.0991 e. The van der Waals surface area contributed by atoms with Crippen LogP contribution in [0.15, 0.2) is 60.3 Å². The summed E-state index contributed by atoms with van der Waals surface area (Å²) in [5.74, 6) is 0.683. The third kappa shape index (κ3) is 11.5. The third-order valence-corrected chi connectivity index (χ3v) is 3.08. The highest BCUT2D eigenvalue weighted by Crippen LogP contribution is 2.15. The minimum Gasteiger partial charge on any atom is -0.0991 e. The van der Waals surface area contributed by atoms with Crippen LogP contribution in [0, 0.1) is 5.92 Å². The summed E-state index contributed by atoms with van der Waals surface area (Å²) < 4.78 is 0. The zero-order valence-corrected chi connectivity index (χ0v) is 13.2. The van der Waals surface area contributed by atoms with Crippen molar-refractivity contribution in [2.75, 3.05) is 0 Å². The molecule has 0 radical (unpaired) electrons. The zero-order valence-electron chi connectivity index (χ0n) is 13.2. The Labute approximate surface area is 120 Å². The SMILES string of the molecule is C=CC=C(C)C=C(C)CCCCC(C)C=CC=CC. The first kappa shape index (κ1) is 17.7. The lowest BCUT2D eigenvalue weighted by atomic mass is 10.0. The van der Waals surface area contributed by atoms with Crippen LogP contribution in [-0.2, 0) is 0 Å². The molecule has 0 heteroatoms. The molecule has 0 aromatic heterocycles. The molecule has 0 aliphatic rings. The van der Waals surface area contributed by atoms with Gasteiger partial charge in [-0.05, 0) is 46.0 Å². The predicted molar refractivity (Wildman–Crippen MR) is 89.3 cm³/mol. The van der Waals surface area contributed by atoms with Crippen molar-refractivity contribution in [1.29, 1.82) is 0 Å². The second-order valence-electron chi connectivity index (χ2n) is 5.27. The van der Waals surface area contributed by atoms with Crippen molar-refractivity contribution < 1.29 is 0 Å². The topological polar surface area (TPSA) is 0 Å². The Balaban J connectivity index is 3.85. The van der Waals surface area contributed by atoms with Crippen LogP contribution in [0.3, 0.4) is 0 Å². The summed E-state index contributed by atoms with van der Waals surface area (Å²) in [6, 6.07) is 0. The van der Waals surface area contributed by atoms with Crippen molar-refractivity contribution in [2.24, 2.45) is 5.92 Å². The molecule has 0 aromatic rings. The van der Waals surface area contributed by atoms with Crippen molar-refractivity contribution in [3.05, 3.63) is 60.3 Å². The van der Waals surface area contributed by atoms with Crippen LogP contribution in [-0.4, -0.2) is 0 Å². The van der Waals surface area contributed by atoms with Gasteiger partial charge in [-0.2, -0.15) is 0 Å². The second-order valence-corrected chi connectivity index (χ2v) is 5.27. The summed E-state index contributed by atoms with van der Waals surface area (Å²) in [7, 11) is 0. The average molecular weight is 258 g/mol. The van der Waals surface area contributed by atoms with Crippen LogP contribution < -0.4 is 0 Å². The van der Waals surface area contributed by atoms with Gasteiger partial charge in [0, 0.05) is 0 Å². The van der Waals surface area contributed by atoms with Crippen LogP contribution >= 0.6 is 0 Å². The number of hydrogen-bond acceptors (Lipinski definition) is 0. The molecule has 0 rings (SSSR count). The molecule has 0 spiro atoms. The highest BCUT2D eigenvalue weighted by molar-refractivity contribution is 5.23.